The van der Waals surface area contributed by atoms with Gasteiger partial charge in [0.1, 0.15) is 28.0 Å². The minimum absolute atomic E-state index is 0.511. The quantitative estimate of drug-likeness (QED) is 0.165. The monoisotopic (exact) mass is 808 g/mol. The predicted octanol–water partition coefficient (Wildman–Crippen LogP) is 13.9. The zero-order valence-corrected chi connectivity index (χ0v) is 33.5. The maximum absolute atomic E-state index is 6.53. The molecule has 0 bridgehead atoms. The van der Waals surface area contributed by atoms with Crippen LogP contribution in [0.25, 0.3) is 128 Å². The summed E-state index contributed by atoms with van der Waals surface area (Å²) in [6.45, 7) is 0. The van der Waals surface area contributed by atoms with E-state index >= 15 is 0 Å². The normalized spacial score (nSPS) is 11.8. The van der Waals surface area contributed by atoms with E-state index in [1.165, 1.54) is 0 Å². The zero-order valence-electron chi connectivity index (χ0n) is 33.5. The van der Waals surface area contributed by atoms with E-state index in [2.05, 4.69) is 108 Å². The summed E-state index contributed by atoms with van der Waals surface area (Å²) < 4.78 is 15.2. The smallest absolute Gasteiger partial charge is 0.180 e. The summed E-state index contributed by atoms with van der Waals surface area (Å²) in [5.74, 6) is 2.14. The SMILES string of the molecule is c1ccc(-c2nc(-c3ccc(-n4c5ccccc5c5ccccc54)c(-c4nc(-c5ccccc5)c5oc6ccccc6c5n4)c3)nc(-c3ccc4c(c3)oc3ccccc34)n2)cc1. The number of hydrogen-bond donors (Lipinski definition) is 0. The summed E-state index contributed by atoms with van der Waals surface area (Å²) in [6.07, 6.45) is 0. The summed E-state index contributed by atoms with van der Waals surface area (Å²) in [5, 5.41) is 5.33. The van der Waals surface area contributed by atoms with Crippen molar-refractivity contribution in [1.82, 2.24) is 29.5 Å². The molecular weight excluding hydrogens is 777 g/mol. The fourth-order valence-corrected chi connectivity index (χ4v) is 8.95. The Bertz CT molecular complexity index is 3870. The van der Waals surface area contributed by atoms with Crippen molar-refractivity contribution < 1.29 is 8.83 Å². The van der Waals surface area contributed by atoms with Gasteiger partial charge in [0.05, 0.1) is 16.7 Å². The minimum atomic E-state index is 0.511. The van der Waals surface area contributed by atoms with Crippen molar-refractivity contribution in [3.8, 4) is 62.5 Å². The highest BCUT2D eigenvalue weighted by molar-refractivity contribution is 6.11. The van der Waals surface area contributed by atoms with Crippen LogP contribution in [-0.4, -0.2) is 29.5 Å². The van der Waals surface area contributed by atoms with Gasteiger partial charge in [-0.3, -0.25) is 0 Å². The van der Waals surface area contributed by atoms with Gasteiger partial charge in [0.15, 0.2) is 28.9 Å². The highest BCUT2D eigenvalue weighted by Crippen LogP contribution is 2.41. The van der Waals surface area contributed by atoms with Gasteiger partial charge in [-0.05, 0) is 60.7 Å². The van der Waals surface area contributed by atoms with Crippen LogP contribution in [0, 0.1) is 0 Å². The molecule has 5 aromatic heterocycles. The summed E-state index contributed by atoms with van der Waals surface area (Å²) in [5.41, 5.74) is 11.7. The lowest BCUT2D eigenvalue weighted by Gasteiger charge is -2.16. The second-order valence-electron chi connectivity index (χ2n) is 15.6. The lowest BCUT2D eigenvalue weighted by Crippen LogP contribution is -2.03. The minimum Gasteiger partial charge on any atom is -0.456 e. The van der Waals surface area contributed by atoms with Crippen LogP contribution in [0.5, 0.6) is 0 Å². The van der Waals surface area contributed by atoms with Crippen molar-refractivity contribution >= 4 is 65.8 Å². The van der Waals surface area contributed by atoms with Crippen molar-refractivity contribution in [2.24, 2.45) is 0 Å². The van der Waals surface area contributed by atoms with Crippen LogP contribution in [0.4, 0.5) is 0 Å². The second kappa shape index (κ2) is 13.9. The number of furan rings is 2. The molecule has 0 atom stereocenters. The lowest BCUT2D eigenvalue weighted by molar-refractivity contribution is 0.667. The van der Waals surface area contributed by atoms with Crippen LogP contribution in [0.1, 0.15) is 0 Å². The van der Waals surface area contributed by atoms with E-state index in [1.807, 2.05) is 91.0 Å². The van der Waals surface area contributed by atoms with Crippen molar-refractivity contribution in [2.45, 2.75) is 0 Å². The third-order valence-corrected chi connectivity index (χ3v) is 11.9. The number of aromatic nitrogens is 6. The number of nitrogens with zero attached hydrogens (tertiary/aromatic N) is 6. The fraction of sp³-hybridized carbons (Fsp3) is 0. The van der Waals surface area contributed by atoms with Crippen molar-refractivity contribution in [2.75, 3.05) is 0 Å². The summed E-state index contributed by atoms with van der Waals surface area (Å²) >= 11 is 0. The molecule has 0 N–H and O–H groups in total. The molecule has 13 aromatic rings. The van der Waals surface area contributed by atoms with Gasteiger partial charge < -0.3 is 13.4 Å². The summed E-state index contributed by atoms with van der Waals surface area (Å²) in [7, 11) is 0. The van der Waals surface area contributed by atoms with E-state index in [1.54, 1.807) is 0 Å². The summed E-state index contributed by atoms with van der Waals surface area (Å²) in [4.78, 5) is 26.2. The van der Waals surface area contributed by atoms with Gasteiger partial charge >= 0.3 is 0 Å². The Kier molecular flexibility index (Phi) is 7.74. The van der Waals surface area contributed by atoms with E-state index in [0.717, 1.165) is 93.7 Å². The van der Waals surface area contributed by atoms with E-state index in [-0.39, 0.29) is 0 Å². The lowest BCUT2D eigenvalue weighted by atomic mass is 10.0. The van der Waals surface area contributed by atoms with Crippen LogP contribution < -0.4 is 0 Å². The molecule has 5 heterocycles. The Morgan fingerprint density at radius 3 is 1.56 bits per heavy atom. The van der Waals surface area contributed by atoms with Gasteiger partial charge in [-0.2, -0.15) is 0 Å². The molecule has 0 saturated carbocycles. The molecule has 8 aromatic carbocycles. The van der Waals surface area contributed by atoms with Gasteiger partial charge in [0.2, 0.25) is 0 Å². The standard InChI is InChI=1S/C55H32N6O2/c1-3-15-33(16-4-1)49-51-50(41-22-10-14-26-47(41)63-51)57-55(56-49)42-31-35(28-30-45(42)61-43-23-11-7-19-37(43)38-20-8-12-24-44(38)61)53-58-52(34-17-5-2-6-18-34)59-54(60-53)36-27-29-40-39-21-9-13-25-46(39)62-48(40)32-36/h1-32H. The summed E-state index contributed by atoms with van der Waals surface area (Å²) in [6, 6.07) is 65.8. The molecule has 0 spiro atoms. The first-order valence-corrected chi connectivity index (χ1v) is 20.8. The molecular formula is C55H32N6O2. The van der Waals surface area contributed by atoms with Gasteiger partial charge in [-0.25, -0.2) is 24.9 Å². The van der Waals surface area contributed by atoms with Crippen molar-refractivity contribution in [3.63, 3.8) is 0 Å². The van der Waals surface area contributed by atoms with Crippen LogP contribution in [-0.2, 0) is 0 Å². The topological polar surface area (TPSA) is 95.7 Å². The predicted molar refractivity (Wildman–Crippen MR) is 251 cm³/mol. The molecule has 0 fully saturated rings. The van der Waals surface area contributed by atoms with Crippen LogP contribution in [0.3, 0.4) is 0 Å². The Morgan fingerprint density at radius 2 is 0.857 bits per heavy atom. The van der Waals surface area contributed by atoms with Gasteiger partial charge in [0.25, 0.3) is 0 Å². The van der Waals surface area contributed by atoms with E-state index in [9.17, 15) is 0 Å². The zero-order chi connectivity index (χ0) is 41.4. The van der Waals surface area contributed by atoms with E-state index < -0.39 is 0 Å². The first kappa shape index (κ1) is 35.0. The third-order valence-electron chi connectivity index (χ3n) is 11.9. The highest BCUT2D eigenvalue weighted by Gasteiger charge is 2.23. The first-order chi connectivity index (χ1) is 31.2. The van der Waals surface area contributed by atoms with Gasteiger partial charge in [-0.15, -0.1) is 0 Å². The number of fused-ring (bicyclic) bond motifs is 9. The van der Waals surface area contributed by atoms with Crippen LogP contribution >= 0.6 is 0 Å². The number of hydrogen-bond acceptors (Lipinski definition) is 7. The van der Waals surface area contributed by atoms with Gasteiger partial charge in [-0.1, -0.05) is 133 Å². The number of rotatable bonds is 6. The second-order valence-corrected chi connectivity index (χ2v) is 15.6. The first-order valence-electron chi connectivity index (χ1n) is 20.8. The fourth-order valence-electron chi connectivity index (χ4n) is 8.95. The van der Waals surface area contributed by atoms with Crippen molar-refractivity contribution in [3.05, 3.63) is 194 Å². The Balaban J connectivity index is 1.09. The molecule has 0 unspecified atom stereocenters. The Morgan fingerprint density at radius 1 is 0.333 bits per heavy atom. The average molecular weight is 809 g/mol. The average Bonchev–Trinajstić information content (AvgIpc) is 4.03. The molecule has 63 heavy (non-hydrogen) atoms. The van der Waals surface area contributed by atoms with Gasteiger partial charge in [0, 0.05) is 54.7 Å². The van der Waals surface area contributed by atoms with Crippen LogP contribution in [0.15, 0.2) is 203 Å². The molecule has 0 radical (unpaired) electrons. The molecule has 0 saturated heterocycles. The van der Waals surface area contributed by atoms with E-state index in [4.69, 9.17) is 33.8 Å². The molecule has 0 aliphatic carbocycles. The molecule has 8 heteroatoms. The molecule has 294 valence electrons. The maximum atomic E-state index is 6.53. The third kappa shape index (κ3) is 5.66. The maximum Gasteiger partial charge on any atom is 0.180 e. The molecule has 0 aliphatic rings. The van der Waals surface area contributed by atoms with Crippen LogP contribution in [0.2, 0.25) is 0 Å². The molecule has 13 rings (SSSR count). The number of benzene rings is 8. The molecule has 0 amide bonds. The van der Waals surface area contributed by atoms with Crippen molar-refractivity contribution in [1.29, 1.82) is 0 Å². The number of para-hydroxylation sites is 4. The Hall–Kier alpha value is -8.75. The van der Waals surface area contributed by atoms with E-state index in [0.29, 0.717) is 34.6 Å². The Labute approximate surface area is 359 Å². The molecule has 8 nitrogen and oxygen atoms in total. The highest BCUT2D eigenvalue weighted by atomic mass is 16.3. The molecule has 0 aliphatic heterocycles. The largest absolute Gasteiger partial charge is 0.456 e.